The van der Waals surface area contributed by atoms with Crippen molar-refractivity contribution >= 4 is 27.9 Å². The minimum Gasteiger partial charge on any atom is -0.379 e. The van der Waals surface area contributed by atoms with Crippen LogP contribution in [-0.2, 0) is 14.8 Å². The fourth-order valence-electron chi connectivity index (χ4n) is 2.57. The molecule has 0 saturated carbocycles. The molecule has 1 aromatic heterocycles. The number of rotatable bonds is 5. The molecule has 0 spiro atoms. The lowest BCUT2D eigenvalue weighted by Gasteiger charge is -2.26. The van der Waals surface area contributed by atoms with Crippen LogP contribution in [-0.4, -0.2) is 49.1 Å². The normalized spacial score (nSPS) is 16.2. The second-order valence-corrected chi connectivity index (χ2v) is 7.59. The van der Waals surface area contributed by atoms with Crippen molar-refractivity contribution in [2.45, 2.75) is 11.8 Å². The highest BCUT2D eigenvalue weighted by atomic mass is 32.2. The zero-order valence-electron chi connectivity index (χ0n) is 14.0. The number of nitrogens with zero attached hydrogens (tertiary/aromatic N) is 3. The SMILES string of the molecule is Cc1noc(/C=C/c2ccc(S(=O)(=O)N3CCOCC3)cc2)c1[N+](=O)[O-]. The number of hydrogen-bond donors (Lipinski definition) is 0. The first kappa shape index (κ1) is 18.2. The molecule has 0 aliphatic carbocycles. The van der Waals surface area contributed by atoms with Gasteiger partial charge in [-0.05, 0) is 30.7 Å². The molecule has 1 aromatic carbocycles. The summed E-state index contributed by atoms with van der Waals surface area (Å²) in [5.41, 5.74) is 0.684. The van der Waals surface area contributed by atoms with Gasteiger partial charge in [0.2, 0.25) is 15.8 Å². The Balaban J connectivity index is 1.79. The molecule has 0 radical (unpaired) electrons. The highest BCUT2D eigenvalue weighted by molar-refractivity contribution is 7.89. The maximum atomic E-state index is 12.6. The summed E-state index contributed by atoms with van der Waals surface area (Å²) in [6.07, 6.45) is 3.03. The third kappa shape index (κ3) is 3.66. The van der Waals surface area contributed by atoms with Crippen molar-refractivity contribution in [2.75, 3.05) is 26.3 Å². The number of morpholine rings is 1. The Labute approximate surface area is 150 Å². The van der Waals surface area contributed by atoms with E-state index in [4.69, 9.17) is 9.26 Å². The maximum absolute atomic E-state index is 12.6. The predicted octanol–water partition coefficient (Wildman–Crippen LogP) is 2.08. The van der Waals surface area contributed by atoms with E-state index in [0.29, 0.717) is 31.9 Å². The van der Waals surface area contributed by atoms with Gasteiger partial charge in [-0.3, -0.25) is 10.1 Å². The Kier molecular flexibility index (Phi) is 5.16. The summed E-state index contributed by atoms with van der Waals surface area (Å²) in [5.74, 6) is 0.0394. The molecule has 0 N–H and O–H groups in total. The minimum atomic E-state index is -3.55. The van der Waals surface area contributed by atoms with Crippen LogP contribution in [0.1, 0.15) is 17.0 Å². The van der Waals surface area contributed by atoms with Crippen molar-refractivity contribution < 1.29 is 22.6 Å². The van der Waals surface area contributed by atoms with Gasteiger partial charge in [-0.25, -0.2) is 8.42 Å². The van der Waals surface area contributed by atoms with Crippen molar-refractivity contribution in [1.82, 2.24) is 9.46 Å². The zero-order chi connectivity index (χ0) is 18.7. The van der Waals surface area contributed by atoms with E-state index in [0.717, 1.165) is 0 Å². The lowest BCUT2D eigenvalue weighted by molar-refractivity contribution is -0.386. The average Bonchev–Trinajstić information content (AvgIpc) is 3.02. The third-order valence-corrected chi connectivity index (χ3v) is 5.87. The number of sulfonamides is 1. The Morgan fingerprint density at radius 2 is 1.85 bits per heavy atom. The first-order valence-corrected chi connectivity index (χ1v) is 9.30. The molecule has 1 aliphatic rings. The molecular formula is C16H17N3O6S. The van der Waals surface area contributed by atoms with E-state index in [1.54, 1.807) is 18.2 Å². The molecule has 26 heavy (non-hydrogen) atoms. The van der Waals surface area contributed by atoms with Crippen LogP contribution < -0.4 is 0 Å². The van der Waals surface area contributed by atoms with E-state index in [-0.39, 0.29) is 22.0 Å². The van der Waals surface area contributed by atoms with E-state index in [1.807, 2.05) is 0 Å². The number of nitro groups is 1. The Hall–Kier alpha value is -2.56. The van der Waals surface area contributed by atoms with Crippen LogP contribution in [0.4, 0.5) is 5.69 Å². The van der Waals surface area contributed by atoms with Crippen LogP contribution in [0, 0.1) is 17.0 Å². The van der Waals surface area contributed by atoms with Crippen LogP contribution in [0.3, 0.4) is 0 Å². The van der Waals surface area contributed by atoms with E-state index >= 15 is 0 Å². The van der Waals surface area contributed by atoms with Gasteiger partial charge in [-0.2, -0.15) is 4.31 Å². The fourth-order valence-corrected chi connectivity index (χ4v) is 3.98. The molecule has 0 unspecified atom stereocenters. The molecule has 9 nitrogen and oxygen atoms in total. The van der Waals surface area contributed by atoms with Crippen LogP contribution in [0.15, 0.2) is 33.7 Å². The number of hydrogen-bond acceptors (Lipinski definition) is 7. The molecule has 1 fully saturated rings. The first-order chi connectivity index (χ1) is 12.4. The van der Waals surface area contributed by atoms with Gasteiger partial charge in [0, 0.05) is 13.1 Å². The molecule has 1 saturated heterocycles. The standard InChI is InChI=1S/C16H17N3O6S/c1-12-16(19(20)21)15(25-17-12)7-4-13-2-5-14(6-3-13)26(22,23)18-8-10-24-11-9-18/h2-7H,8-11H2,1H3/b7-4+. The molecule has 0 amide bonds. The zero-order valence-corrected chi connectivity index (χ0v) is 14.8. The Morgan fingerprint density at radius 3 is 2.46 bits per heavy atom. The first-order valence-electron chi connectivity index (χ1n) is 7.86. The Bertz CT molecular complexity index is 927. The summed E-state index contributed by atoms with van der Waals surface area (Å²) in [5, 5.41) is 14.6. The molecule has 138 valence electrons. The summed E-state index contributed by atoms with van der Waals surface area (Å²) in [6.45, 7) is 2.92. The van der Waals surface area contributed by atoms with Crippen molar-refractivity contribution in [3.63, 3.8) is 0 Å². The number of benzene rings is 1. The second-order valence-electron chi connectivity index (χ2n) is 5.66. The van der Waals surface area contributed by atoms with Gasteiger partial charge in [-0.1, -0.05) is 23.4 Å². The number of ether oxygens (including phenoxy) is 1. The van der Waals surface area contributed by atoms with Gasteiger partial charge in [0.05, 0.1) is 23.0 Å². The molecule has 1 aliphatic heterocycles. The smallest absolute Gasteiger partial charge is 0.338 e. The van der Waals surface area contributed by atoms with Crippen molar-refractivity contribution in [2.24, 2.45) is 0 Å². The summed E-state index contributed by atoms with van der Waals surface area (Å²) in [7, 11) is -3.55. The lowest BCUT2D eigenvalue weighted by atomic mass is 10.2. The number of aryl methyl sites for hydroxylation is 1. The average molecular weight is 379 g/mol. The largest absolute Gasteiger partial charge is 0.379 e. The number of aromatic nitrogens is 1. The van der Waals surface area contributed by atoms with E-state index in [2.05, 4.69) is 5.16 Å². The molecular weight excluding hydrogens is 362 g/mol. The summed E-state index contributed by atoms with van der Waals surface area (Å²) in [4.78, 5) is 10.7. The second kappa shape index (κ2) is 7.36. The third-order valence-electron chi connectivity index (χ3n) is 3.95. The quantitative estimate of drug-likeness (QED) is 0.577. The van der Waals surface area contributed by atoms with Gasteiger partial charge >= 0.3 is 5.69 Å². The van der Waals surface area contributed by atoms with E-state index < -0.39 is 14.9 Å². The monoisotopic (exact) mass is 379 g/mol. The molecule has 2 heterocycles. The van der Waals surface area contributed by atoms with Gasteiger partial charge in [0.1, 0.15) is 0 Å². The summed E-state index contributed by atoms with van der Waals surface area (Å²) in [6, 6.07) is 6.26. The molecule has 2 aromatic rings. The minimum absolute atomic E-state index is 0.0394. The molecule has 0 bridgehead atoms. The fraction of sp³-hybridized carbons (Fsp3) is 0.312. The van der Waals surface area contributed by atoms with Gasteiger partial charge in [0.15, 0.2) is 5.69 Å². The van der Waals surface area contributed by atoms with Crippen molar-refractivity contribution in [3.05, 3.63) is 51.4 Å². The van der Waals surface area contributed by atoms with Crippen LogP contribution in [0.2, 0.25) is 0 Å². The van der Waals surface area contributed by atoms with Crippen LogP contribution in [0.25, 0.3) is 12.2 Å². The van der Waals surface area contributed by atoms with Crippen LogP contribution in [0.5, 0.6) is 0 Å². The van der Waals surface area contributed by atoms with E-state index in [1.165, 1.54) is 29.4 Å². The maximum Gasteiger partial charge on any atom is 0.338 e. The van der Waals surface area contributed by atoms with Gasteiger partial charge in [-0.15, -0.1) is 0 Å². The van der Waals surface area contributed by atoms with Gasteiger partial charge < -0.3 is 9.26 Å². The predicted molar refractivity (Wildman–Crippen MR) is 92.8 cm³/mol. The van der Waals surface area contributed by atoms with Crippen molar-refractivity contribution in [3.8, 4) is 0 Å². The summed E-state index contributed by atoms with van der Waals surface area (Å²) < 4.78 is 36.6. The lowest BCUT2D eigenvalue weighted by Crippen LogP contribution is -2.40. The Morgan fingerprint density at radius 1 is 1.19 bits per heavy atom. The molecule has 3 rings (SSSR count). The van der Waals surface area contributed by atoms with Gasteiger partial charge in [0.25, 0.3) is 0 Å². The highest BCUT2D eigenvalue weighted by Gasteiger charge is 2.26. The summed E-state index contributed by atoms with van der Waals surface area (Å²) >= 11 is 0. The van der Waals surface area contributed by atoms with Crippen molar-refractivity contribution in [1.29, 1.82) is 0 Å². The van der Waals surface area contributed by atoms with E-state index in [9.17, 15) is 18.5 Å². The molecule has 0 atom stereocenters. The molecule has 10 heteroatoms. The highest BCUT2D eigenvalue weighted by Crippen LogP contribution is 2.25. The topological polar surface area (TPSA) is 116 Å². The van der Waals surface area contributed by atoms with Crippen LogP contribution >= 0.6 is 0 Å².